The van der Waals surface area contributed by atoms with Crippen LogP contribution >= 0.6 is 0 Å². The maximum absolute atomic E-state index is 12.8. The van der Waals surface area contributed by atoms with Gasteiger partial charge in [-0.25, -0.2) is 4.68 Å². The molecule has 0 unspecified atom stereocenters. The van der Waals surface area contributed by atoms with Crippen LogP contribution in [0.2, 0.25) is 0 Å². The Morgan fingerprint density at radius 3 is 2.50 bits per heavy atom. The van der Waals surface area contributed by atoms with E-state index in [1.54, 1.807) is 4.68 Å². The number of nitrogens with one attached hydrogen (secondary N) is 1. The van der Waals surface area contributed by atoms with Gasteiger partial charge in [-0.15, -0.1) is 0 Å². The van der Waals surface area contributed by atoms with Crippen LogP contribution in [0.4, 0.5) is 0 Å². The monoisotopic (exact) mass is 382 g/mol. The van der Waals surface area contributed by atoms with Crippen molar-refractivity contribution in [3.63, 3.8) is 0 Å². The lowest BCUT2D eigenvalue weighted by Crippen LogP contribution is -2.33. The van der Waals surface area contributed by atoms with Crippen LogP contribution in [0.15, 0.2) is 29.1 Å². The molecule has 1 aromatic heterocycles. The van der Waals surface area contributed by atoms with Crippen LogP contribution < -0.4 is 10.9 Å². The first-order valence-electron chi connectivity index (χ1n) is 10.7. The summed E-state index contributed by atoms with van der Waals surface area (Å²) in [6, 6.07) is 7.58. The number of benzene rings is 1. The highest BCUT2D eigenvalue weighted by Crippen LogP contribution is 2.27. The average Bonchev–Trinajstić information content (AvgIpc) is 3.41. The number of carbonyl (C=O) groups excluding carboxylic acids is 1. The van der Waals surface area contributed by atoms with Crippen molar-refractivity contribution in [3.8, 4) is 0 Å². The minimum atomic E-state index is -0.0455. The van der Waals surface area contributed by atoms with E-state index in [4.69, 9.17) is 0 Å². The van der Waals surface area contributed by atoms with Gasteiger partial charge in [0, 0.05) is 18.4 Å². The molecule has 4 rings (SSSR count). The van der Waals surface area contributed by atoms with Crippen molar-refractivity contribution in [2.75, 3.05) is 19.6 Å². The van der Waals surface area contributed by atoms with Crippen LogP contribution in [0, 0.1) is 5.92 Å². The number of aromatic nitrogens is 2. The van der Waals surface area contributed by atoms with Gasteiger partial charge in [0.25, 0.3) is 5.56 Å². The average molecular weight is 383 g/mol. The summed E-state index contributed by atoms with van der Waals surface area (Å²) in [6.07, 6.45) is 7.88. The highest BCUT2D eigenvalue weighted by Gasteiger charge is 2.19. The first-order valence-corrected chi connectivity index (χ1v) is 10.7. The van der Waals surface area contributed by atoms with Gasteiger partial charge in [0.2, 0.25) is 5.91 Å². The number of carbonyl (C=O) groups is 1. The molecule has 1 amide bonds. The molecule has 1 N–H and O–H groups in total. The molecule has 2 heterocycles. The van der Waals surface area contributed by atoms with Gasteiger partial charge in [0.15, 0.2) is 0 Å². The van der Waals surface area contributed by atoms with Gasteiger partial charge < -0.3 is 10.2 Å². The molecule has 2 aliphatic rings. The van der Waals surface area contributed by atoms with E-state index in [0.717, 1.165) is 43.6 Å². The molecule has 1 aromatic carbocycles. The Labute approximate surface area is 165 Å². The Morgan fingerprint density at radius 2 is 1.75 bits per heavy atom. The van der Waals surface area contributed by atoms with Gasteiger partial charge in [-0.2, -0.15) is 5.10 Å². The van der Waals surface area contributed by atoms with Crippen molar-refractivity contribution in [2.24, 2.45) is 5.92 Å². The van der Waals surface area contributed by atoms with Gasteiger partial charge in [-0.05, 0) is 50.8 Å². The lowest BCUT2D eigenvalue weighted by atomic mass is 10.0. The summed E-state index contributed by atoms with van der Waals surface area (Å²) in [5.41, 5.74) is 0.729. The third kappa shape index (κ3) is 4.43. The third-order valence-corrected chi connectivity index (χ3v) is 6.17. The predicted octanol–water partition coefficient (Wildman–Crippen LogP) is 2.69. The van der Waals surface area contributed by atoms with Crippen LogP contribution in [-0.4, -0.2) is 40.2 Å². The molecule has 6 heteroatoms. The van der Waals surface area contributed by atoms with Gasteiger partial charge in [0.05, 0.1) is 24.2 Å². The molecule has 0 bridgehead atoms. The zero-order valence-corrected chi connectivity index (χ0v) is 16.5. The Bertz CT molecular complexity index is 880. The number of fused-ring (bicyclic) bond motifs is 1. The number of rotatable bonds is 7. The van der Waals surface area contributed by atoms with E-state index in [1.165, 1.54) is 25.7 Å². The lowest BCUT2D eigenvalue weighted by molar-refractivity contribution is -0.122. The quantitative estimate of drug-likeness (QED) is 0.800. The molecular weight excluding hydrogens is 352 g/mol. The molecule has 6 nitrogen and oxygen atoms in total. The second-order valence-corrected chi connectivity index (χ2v) is 8.20. The number of amides is 1. The van der Waals surface area contributed by atoms with Gasteiger partial charge >= 0.3 is 0 Å². The van der Waals surface area contributed by atoms with Crippen molar-refractivity contribution in [1.82, 2.24) is 20.0 Å². The maximum Gasteiger partial charge on any atom is 0.274 e. The molecule has 0 spiro atoms. The topological polar surface area (TPSA) is 67.2 Å². The Kier molecular flexibility index (Phi) is 6.05. The molecule has 2 aromatic rings. The van der Waals surface area contributed by atoms with Crippen molar-refractivity contribution < 1.29 is 4.79 Å². The van der Waals surface area contributed by atoms with Gasteiger partial charge in [-0.1, -0.05) is 31.0 Å². The van der Waals surface area contributed by atoms with Gasteiger partial charge in [-0.3, -0.25) is 9.59 Å². The van der Waals surface area contributed by atoms with Crippen LogP contribution in [0.5, 0.6) is 0 Å². The number of nitrogens with zero attached hydrogens (tertiary/aromatic N) is 3. The van der Waals surface area contributed by atoms with Crippen molar-refractivity contribution in [1.29, 1.82) is 0 Å². The second-order valence-electron chi connectivity index (χ2n) is 8.20. The summed E-state index contributed by atoms with van der Waals surface area (Å²) in [5, 5.41) is 9.18. The largest absolute Gasteiger partial charge is 0.350 e. The second kappa shape index (κ2) is 8.86. The summed E-state index contributed by atoms with van der Waals surface area (Å²) in [4.78, 5) is 27.6. The van der Waals surface area contributed by atoms with E-state index in [9.17, 15) is 9.59 Å². The molecule has 1 saturated heterocycles. The molecule has 1 aliphatic heterocycles. The van der Waals surface area contributed by atoms with E-state index in [2.05, 4.69) is 15.3 Å². The first kappa shape index (κ1) is 19.1. The van der Waals surface area contributed by atoms with Crippen LogP contribution in [0.3, 0.4) is 0 Å². The first-order chi connectivity index (χ1) is 13.7. The van der Waals surface area contributed by atoms with Crippen LogP contribution in [-0.2, 0) is 17.9 Å². The number of likely N-dealkylation sites (tertiary alicyclic amines) is 1. The Hall–Kier alpha value is -2.21. The SMILES string of the molecule is O=C(CC1CCCC1)NCc1nn(CCN2CCCC2)c(=O)c2ccccc12. The molecule has 0 atom stereocenters. The number of hydrogen-bond acceptors (Lipinski definition) is 4. The summed E-state index contributed by atoms with van der Waals surface area (Å²) in [5.74, 6) is 0.617. The van der Waals surface area contributed by atoms with E-state index in [-0.39, 0.29) is 11.5 Å². The zero-order chi connectivity index (χ0) is 19.3. The predicted molar refractivity (Wildman–Crippen MR) is 110 cm³/mol. The van der Waals surface area contributed by atoms with E-state index >= 15 is 0 Å². The molecule has 2 fully saturated rings. The third-order valence-electron chi connectivity index (χ3n) is 6.17. The van der Waals surface area contributed by atoms with Crippen molar-refractivity contribution >= 4 is 16.7 Å². The van der Waals surface area contributed by atoms with Gasteiger partial charge in [0.1, 0.15) is 0 Å². The normalized spacial score (nSPS) is 18.1. The zero-order valence-electron chi connectivity index (χ0n) is 16.5. The molecule has 1 aliphatic carbocycles. The fourth-order valence-corrected chi connectivity index (χ4v) is 4.56. The van der Waals surface area contributed by atoms with Crippen molar-refractivity contribution in [3.05, 3.63) is 40.3 Å². The standard InChI is InChI=1S/C22H30N4O2/c27-21(15-17-7-1-2-8-17)23-16-20-18-9-3-4-10-19(18)22(28)26(24-20)14-13-25-11-5-6-12-25/h3-4,9-10,17H,1-2,5-8,11-16H2,(H,23,27). The van der Waals surface area contributed by atoms with E-state index < -0.39 is 0 Å². The Morgan fingerprint density at radius 1 is 1.04 bits per heavy atom. The minimum absolute atomic E-state index is 0.0455. The summed E-state index contributed by atoms with van der Waals surface area (Å²) in [7, 11) is 0. The maximum atomic E-state index is 12.8. The molecule has 0 radical (unpaired) electrons. The minimum Gasteiger partial charge on any atom is -0.350 e. The molecule has 1 saturated carbocycles. The van der Waals surface area contributed by atoms with Crippen LogP contribution in [0.1, 0.15) is 50.6 Å². The van der Waals surface area contributed by atoms with Crippen molar-refractivity contribution in [2.45, 2.75) is 58.0 Å². The highest BCUT2D eigenvalue weighted by atomic mass is 16.1. The van der Waals surface area contributed by atoms with E-state index in [1.807, 2.05) is 24.3 Å². The Balaban J connectivity index is 1.49. The number of hydrogen-bond donors (Lipinski definition) is 1. The molecule has 28 heavy (non-hydrogen) atoms. The fraction of sp³-hybridized carbons (Fsp3) is 0.591. The van der Waals surface area contributed by atoms with E-state index in [0.29, 0.717) is 30.8 Å². The summed E-state index contributed by atoms with van der Waals surface area (Å²) in [6.45, 7) is 4.01. The van der Waals surface area contributed by atoms with Crippen LogP contribution in [0.25, 0.3) is 10.8 Å². The fourth-order valence-electron chi connectivity index (χ4n) is 4.56. The smallest absolute Gasteiger partial charge is 0.274 e. The highest BCUT2D eigenvalue weighted by molar-refractivity contribution is 5.84. The molecular formula is C22H30N4O2. The summed E-state index contributed by atoms with van der Waals surface area (Å²) < 4.78 is 1.58. The summed E-state index contributed by atoms with van der Waals surface area (Å²) >= 11 is 0. The lowest BCUT2D eigenvalue weighted by Gasteiger charge is -2.16. The molecule has 150 valence electrons.